The van der Waals surface area contributed by atoms with Gasteiger partial charge in [0, 0.05) is 30.6 Å². The van der Waals surface area contributed by atoms with Gasteiger partial charge in [0.25, 0.3) is 15.9 Å². The number of fused-ring (bicyclic) bond motifs is 1. The zero-order chi connectivity index (χ0) is 25.8. The molecule has 2 aromatic carbocycles. The molecule has 2 unspecified atom stereocenters. The second-order valence-electron chi connectivity index (χ2n) is 10.1. The van der Waals surface area contributed by atoms with Crippen LogP contribution in [-0.4, -0.2) is 61.1 Å². The normalized spacial score (nSPS) is 22.0. The van der Waals surface area contributed by atoms with Gasteiger partial charge in [0.2, 0.25) is 10.0 Å². The van der Waals surface area contributed by atoms with E-state index in [0.717, 1.165) is 23.2 Å². The highest BCUT2D eigenvalue weighted by Crippen LogP contribution is 2.33. The number of piperidine rings is 1. The number of amides is 1. The number of rotatable bonds is 5. The summed E-state index contributed by atoms with van der Waals surface area (Å²) in [5.41, 5.74) is 0.280. The Morgan fingerprint density at radius 1 is 0.806 bits per heavy atom. The number of aromatic nitrogens is 1. The summed E-state index contributed by atoms with van der Waals surface area (Å²) in [6, 6.07) is 13.9. The van der Waals surface area contributed by atoms with Crippen LogP contribution in [0.1, 0.15) is 50.5 Å². The van der Waals surface area contributed by atoms with Gasteiger partial charge < -0.3 is 4.90 Å². The van der Waals surface area contributed by atoms with Crippen LogP contribution >= 0.6 is 0 Å². The first-order valence-corrected chi connectivity index (χ1v) is 15.2. The SMILES string of the molecule is CC1CCN(S(=O)(=O)c2ccc3c(c2)cc(C(=O)N2C(C)CC2C)n3S(=O)(=O)c2ccccc2)CC1. The van der Waals surface area contributed by atoms with Crippen LogP contribution in [0.25, 0.3) is 10.9 Å². The fourth-order valence-electron chi connectivity index (χ4n) is 5.36. The molecule has 0 radical (unpaired) electrons. The first kappa shape index (κ1) is 25.0. The Morgan fingerprint density at radius 2 is 1.44 bits per heavy atom. The number of carbonyl (C=O) groups excluding carboxylic acids is 1. The predicted molar refractivity (Wildman–Crippen MR) is 138 cm³/mol. The van der Waals surface area contributed by atoms with E-state index in [9.17, 15) is 21.6 Å². The highest BCUT2D eigenvalue weighted by Gasteiger charge is 2.39. The number of hydrogen-bond acceptors (Lipinski definition) is 5. The minimum atomic E-state index is -4.12. The average Bonchev–Trinajstić information content (AvgIpc) is 3.24. The molecule has 0 N–H and O–H groups in total. The van der Waals surface area contributed by atoms with E-state index in [2.05, 4.69) is 6.92 Å². The second kappa shape index (κ2) is 9.00. The zero-order valence-electron chi connectivity index (χ0n) is 20.7. The van der Waals surface area contributed by atoms with Gasteiger partial charge in [-0.25, -0.2) is 20.8 Å². The lowest BCUT2D eigenvalue weighted by atomic mass is 9.95. The van der Waals surface area contributed by atoms with E-state index in [1.807, 2.05) is 13.8 Å². The summed E-state index contributed by atoms with van der Waals surface area (Å²) in [4.78, 5) is 15.4. The third-order valence-corrected chi connectivity index (χ3v) is 11.1. The molecule has 3 aromatic rings. The zero-order valence-corrected chi connectivity index (χ0v) is 22.3. The monoisotopic (exact) mass is 529 g/mol. The van der Waals surface area contributed by atoms with E-state index < -0.39 is 20.0 Å². The van der Waals surface area contributed by atoms with Crippen LogP contribution in [0.4, 0.5) is 0 Å². The van der Waals surface area contributed by atoms with Crippen molar-refractivity contribution in [3.05, 3.63) is 60.3 Å². The van der Waals surface area contributed by atoms with Gasteiger partial charge >= 0.3 is 0 Å². The van der Waals surface area contributed by atoms with Crippen molar-refractivity contribution in [2.45, 2.75) is 61.9 Å². The van der Waals surface area contributed by atoms with Crippen molar-refractivity contribution in [3.63, 3.8) is 0 Å². The van der Waals surface area contributed by atoms with Crippen LogP contribution in [0.3, 0.4) is 0 Å². The number of likely N-dealkylation sites (tertiary alicyclic amines) is 1. The van der Waals surface area contributed by atoms with Crippen molar-refractivity contribution in [1.29, 1.82) is 0 Å². The molecule has 36 heavy (non-hydrogen) atoms. The van der Waals surface area contributed by atoms with E-state index in [0.29, 0.717) is 24.4 Å². The number of hydrogen-bond donors (Lipinski definition) is 0. The number of carbonyl (C=O) groups is 1. The van der Waals surface area contributed by atoms with E-state index in [1.54, 1.807) is 23.1 Å². The molecule has 2 aliphatic rings. The molecular weight excluding hydrogens is 498 g/mol. The van der Waals surface area contributed by atoms with Gasteiger partial charge in [-0.2, -0.15) is 4.31 Å². The molecule has 8 nitrogen and oxygen atoms in total. The fraction of sp³-hybridized carbons (Fsp3) is 0.423. The van der Waals surface area contributed by atoms with Crippen LogP contribution in [0.15, 0.2) is 64.4 Å². The molecule has 2 aliphatic heterocycles. The Hall–Kier alpha value is -2.69. The van der Waals surface area contributed by atoms with Crippen molar-refractivity contribution in [3.8, 4) is 0 Å². The molecule has 3 heterocycles. The first-order chi connectivity index (χ1) is 17.0. The first-order valence-electron chi connectivity index (χ1n) is 12.3. The highest BCUT2D eigenvalue weighted by molar-refractivity contribution is 7.90. The predicted octanol–water partition coefficient (Wildman–Crippen LogP) is 3.92. The van der Waals surface area contributed by atoms with Gasteiger partial charge in [0.05, 0.1) is 15.3 Å². The minimum absolute atomic E-state index is 0.00387. The standard InChI is InChI=1S/C26H31N3O5S2/c1-18-11-13-27(14-12-18)35(31,32)23-9-10-24-21(16-23)17-25(26(30)28-19(2)15-20(28)3)29(24)36(33,34)22-7-5-4-6-8-22/h4-10,16-20H,11-15H2,1-3H3. The maximum Gasteiger partial charge on any atom is 0.272 e. The van der Waals surface area contributed by atoms with E-state index in [-0.39, 0.29) is 39.0 Å². The lowest BCUT2D eigenvalue weighted by Crippen LogP contribution is -2.56. The molecule has 2 saturated heterocycles. The smallest absolute Gasteiger partial charge is 0.272 e. The van der Waals surface area contributed by atoms with Gasteiger partial charge in [-0.1, -0.05) is 25.1 Å². The van der Waals surface area contributed by atoms with E-state index in [4.69, 9.17) is 0 Å². The largest absolute Gasteiger partial charge is 0.332 e. The topological polar surface area (TPSA) is 96.8 Å². The molecule has 2 atom stereocenters. The van der Waals surface area contributed by atoms with Crippen LogP contribution in [-0.2, 0) is 20.0 Å². The summed E-state index contributed by atoms with van der Waals surface area (Å²) in [6.45, 7) is 6.89. The maximum absolute atomic E-state index is 13.8. The lowest BCUT2D eigenvalue weighted by Gasteiger charge is -2.45. The van der Waals surface area contributed by atoms with Crippen molar-refractivity contribution in [1.82, 2.24) is 13.2 Å². The summed E-state index contributed by atoms with van der Waals surface area (Å²) >= 11 is 0. The molecular formula is C26H31N3O5S2. The van der Waals surface area contributed by atoms with Gasteiger partial charge in [-0.05, 0) is 75.4 Å². The van der Waals surface area contributed by atoms with Crippen molar-refractivity contribution >= 4 is 36.9 Å². The Kier molecular flexibility index (Phi) is 6.25. The van der Waals surface area contributed by atoms with Crippen LogP contribution in [0, 0.1) is 5.92 Å². The molecule has 10 heteroatoms. The Bertz CT molecular complexity index is 1510. The van der Waals surface area contributed by atoms with Crippen LogP contribution in [0.2, 0.25) is 0 Å². The van der Waals surface area contributed by atoms with Crippen molar-refractivity contribution < 1.29 is 21.6 Å². The maximum atomic E-state index is 13.8. The Balaban J connectivity index is 1.66. The highest BCUT2D eigenvalue weighted by atomic mass is 32.2. The molecule has 5 rings (SSSR count). The van der Waals surface area contributed by atoms with Crippen molar-refractivity contribution in [2.75, 3.05) is 13.1 Å². The number of sulfonamides is 1. The molecule has 0 saturated carbocycles. The van der Waals surface area contributed by atoms with Gasteiger partial charge in [0.1, 0.15) is 5.69 Å². The molecule has 0 aliphatic carbocycles. The van der Waals surface area contributed by atoms with Gasteiger partial charge in [0.15, 0.2) is 0 Å². The molecule has 0 spiro atoms. The molecule has 2 fully saturated rings. The number of benzene rings is 2. The quantitative estimate of drug-likeness (QED) is 0.499. The summed E-state index contributed by atoms with van der Waals surface area (Å²) in [5.74, 6) is 0.0994. The Labute approximate surface area is 212 Å². The third kappa shape index (κ3) is 4.05. The summed E-state index contributed by atoms with van der Waals surface area (Å²) in [7, 11) is -7.85. The van der Waals surface area contributed by atoms with Gasteiger partial charge in [-0.15, -0.1) is 0 Å². The molecule has 192 valence electrons. The van der Waals surface area contributed by atoms with Gasteiger partial charge in [-0.3, -0.25) is 4.79 Å². The van der Waals surface area contributed by atoms with E-state index >= 15 is 0 Å². The van der Waals surface area contributed by atoms with Crippen molar-refractivity contribution in [2.24, 2.45) is 5.92 Å². The second-order valence-corrected chi connectivity index (χ2v) is 13.8. The molecule has 1 aromatic heterocycles. The minimum Gasteiger partial charge on any atom is -0.332 e. The fourth-order valence-corrected chi connectivity index (χ4v) is 8.39. The lowest BCUT2D eigenvalue weighted by molar-refractivity contribution is 0.0259. The molecule has 1 amide bonds. The summed E-state index contributed by atoms with van der Waals surface area (Å²) in [6.07, 6.45) is 2.45. The number of nitrogens with zero attached hydrogens (tertiary/aromatic N) is 3. The Morgan fingerprint density at radius 3 is 2.06 bits per heavy atom. The average molecular weight is 530 g/mol. The van der Waals surface area contributed by atoms with Crippen LogP contribution < -0.4 is 0 Å². The molecule has 0 bridgehead atoms. The van der Waals surface area contributed by atoms with E-state index in [1.165, 1.54) is 40.7 Å². The van der Waals surface area contributed by atoms with Crippen LogP contribution in [0.5, 0.6) is 0 Å². The summed E-state index contributed by atoms with van der Waals surface area (Å²) < 4.78 is 56.8. The third-order valence-electron chi connectivity index (χ3n) is 7.48. The summed E-state index contributed by atoms with van der Waals surface area (Å²) in [5, 5.41) is 0.394.